The summed E-state index contributed by atoms with van der Waals surface area (Å²) in [5, 5.41) is 3.49. The lowest BCUT2D eigenvalue weighted by molar-refractivity contribution is 0.0594. The summed E-state index contributed by atoms with van der Waals surface area (Å²) >= 11 is 0. The second-order valence-corrected chi connectivity index (χ2v) is 5.91. The number of hydrogen-bond acceptors (Lipinski definition) is 4. The average Bonchev–Trinajstić information content (AvgIpc) is 2.99. The van der Waals surface area contributed by atoms with E-state index in [1.807, 2.05) is 0 Å². The van der Waals surface area contributed by atoms with Gasteiger partial charge in [-0.05, 0) is 32.9 Å². The van der Waals surface area contributed by atoms with Gasteiger partial charge in [0.1, 0.15) is 0 Å². The predicted molar refractivity (Wildman–Crippen MR) is 72.9 cm³/mol. The molecule has 4 heteroatoms. The summed E-state index contributed by atoms with van der Waals surface area (Å²) in [6.07, 6.45) is 4.08. The van der Waals surface area contributed by atoms with Gasteiger partial charge >= 0.3 is 0 Å². The largest absolute Gasteiger partial charge is 0.381 e. The molecule has 0 radical (unpaired) electrons. The molecule has 106 valence electrons. The fourth-order valence-corrected chi connectivity index (χ4v) is 3.13. The van der Waals surface area contributed by atoms with Crippen molar-refractivity contribution in [2.75, 3.05) is 53.0 Å². The van der Waals surface area contributed by atoms with Crippen LogP contribution in [0.2, 0.25) is 0 Å². The van der Waals surface area contributed by atoms with Gasteiger partial charge in [-0.2, -0.15) is 0 Å². The fraction of sp³-hybridized carbons (Fsp3) is 1.00. The molecular weight excluding hydrogens is 228 g/mol. The van der Waals surface area contributed by atoms with Gasteiger partial charge in [0.25, 0.3) is 0 Å². The Bertz CT molecular complexity index is 236. The van der Waals surface area contributed by atoms with Gasteiger partial charge in [0.05, 0.1) is 12.7 Å². The van der Waals surface area contributed by atoms with Crippen molar-refractivity contribution in [3.05, 3.63) is 0 Å². The van der Waals surface area contributed by atoms with Gasteiger partial charge in [-0.15, -0.1) is 0 Å². The Balaban J connectivity index is 1.79. The van der Waals surface area contributed by atoms with Crippen molar-refractivity contribution in [1.82, 2.24) is 10.2 Å². The molecule has 18 heavy (non-hydrogen) atoms. The van der Waals surface area contributed by atoms with Gasteiger partial charge in [-0.3, -0.25) is 0 Å². The van der Waals surface area contributed by atoms with Crippen LogP contribution in [0.1, 0.15) is 26.2 Å². The minimum absolute atomic E-state index is 0.309. The van der Waals surface area contributed by atoms with E-state index < -0.39 is 0 Å². The second-order valence-electron chi connectivity index (χ2n) is 5.91. The number of rotatable bonds is 7. The molecule has 2 aliphatic heterocycles. The maximum atomic E-state index is 5.71. The van der Waals surface area contributed by atoms with Crippen molar-refractivity contribution in [2.24, 2.45) is 5.41 Å². The van der Waals surface area contributed by atoms with Crippen LogP contribution >= 0.6 is 0 Å². The molecule has 0 aromatic rings. The number of nitrogens with one attached hydrogen (secondary N) is 1. The van der Waals surface area contributed by atoms with E-state index in [2.05, 4.69) is 24.2 Å². The van der Waals surface area contributed by atoms with E-state index in [9.17, 15) is 0 Å². The molecule has 0 bridgehead atoms. The van der Waals surface area contributed by atoms with Crippen LogP contribution in [-0.2, 0) is 9.47 Å². The van der Waals surface area contributed by atoms with Gasteiger partial charge in [0.15, 0.2) is 0 Å². The molecule has 0 aliphatic carbocycles. The highest BCUT2D eigenvalue weighted by atomic mass is 16.5. The molecule has 2 rings (SSSR count). The highest BCUT2D eigenvalue weighted by Crippen LogP contribution is 2.29. The molecule has 2 heterocycles. The van der Waals surface area contributed by atoms with Gasteiger partial charge in [0.2, 0.25) is 0 Å². The number of hydrogen-bond donors (Lipinski definition) is 1. The first-order valence-corrected chi connectivity index (χ1v) is 7.33. The first-order valence-electron chi connectivity index (χ1n) is 7.33. The quantitative estimate of drug-likeness (QED) is 0.740. The summed E-state index contributed by atoms with van der Waals surface area (Å²) in [7, 11) is 2.22. The fourth-order valence-electron chi connectivity index (χ4n) is 3.13. The predicted octanol–water partition coefficient (Wildman–Crippen LogP) is 1.11. The van der Waals surface area contributed by atoms with E-state index in [0.717, 1.165) is 46.0 Å². The van der Waals surface area contributed by atoms with E-state index in [1.165, 1.54) is 19.3 Å². The average molecular weight is 256 g/mol. The first-order chi connectivity index (χ1) is 8.74. The van der Waals surface area contributed by atoms with Crippen molar-refractivity contribution in [3.8, 4) is 0 Å². The van der Waals surface area contributed by atoms with Crippen molar-refractivity contribution in [1.29, 1.82) is 0 Å². The summed E-state index contributed by atoms with van der Waals surface area (Å²) in [5.74, 6) is 0. The number of ether oxygens (including phenoxy) is 2. The SMILES string of the molecule is CCNCC1(CN(C)CC2CCCO2)CCOC1. The Kier molecular flexibility index (Phi) is 5.42. The van der Waals surface area contributed by atoms with E-state index in [-0.39, 0.29) is 0 Å². The highest BCUT2D eigenvalue weighted by Gasteiger charge is 2.36. The van der Waals surface area contributed by atoms with Crippen LogP contribution in [0.15, 0.2) is 0 Å². The van der Waals surface area contributed by atoms with Gasteiger partial charge in [0, 0.05) is 38.3 Å². The molecule has 2 atom stereocenters. The van der Waals surface area contributed by atoms with E-state index in [4.69, 9.17) is 9.47 Å². The molecule has 0 aromatic carbocycles. The summed E-state index contributed by atoms with van der Waals surface area (Å²) in [5.41, 5.74) is 0.309. The lowest BCUT2D eigenvalue weighted by Gasteiger charge is -2.33. The molecule has 0 amide bonds. The summed E-state index contributed by atoms with van der Waals surface area (Å²) in [6.45, 7) is 9.21. The van der Waals surface area contributed by atoms with Crippen molar-refractivity contribution in [3.63, 3.8) is 0 Å². The van der Waals surface area contributed by atoms with E-state index in [0.29, 0.717) is 11.5 Å². The maximum absolute atomic E-state index is 5.71. The molecule has 0 spiro atoms. The van der Waals surface area contributed by atoms with Gasteiger partial charge in [-0.25, -0.2) is 0 Å². The van der Waals surface area contributed by atoms with Crippen molar-refractivity contribution in [2.45, 2.75) is 32.3 Å². The Morgan fingerprint density at radius 1 is 1.39 bits per heavy atom. The zero-order chi connectivity index (χ0) is 12.8. The third-order valence-electron chi connectivity index (χ3n) is 4.08. The van der Waals surface area contributed by atoms with Gasteiger partial charge < -0.3 is 19.7 Å². The van der Waals surface area contributed by atoms with E-state index >= 15 is 0 Å². The first kappa shape index (κ1) is 14.3. The van der Waals surface area contributed by atoms with Crippen LogP contribution in [0.4, 0.5) is 0 Å². The van der Waals surface area contributed by atoms with Crippen LogP contribution in [0.25, 0.3) is 0 Å². The van der Waals surface area contributed by atoms with E-state index in [1.54, 1.807) is 0 Å². The minimum Gasteiger partial charge on any atom is -0.381 e. The summed E-state index contributed by atoms with van der Waals surface area (Å²) in [6, 6.07) is 0. The molecule has 2 aliphatic rings. The lowest BCUT2D eigenvalue weighted by Crippen LogP contribution is -2.45. The molecular formula is C14H28N2O2. The molecule has 2 unspecified atom stereocenters. The molecule has 0 saturated carbocycles. The minimum atomic E-state index is 0.309. The Morgan fingerprint density at radius 2 is 2.28 bits per heavy atom. The van der Waals surface area contributed by atoms with Crippen molar-refractivity contribution >= 4 is 0 Å². The summed E-state index contributed by atoms with van der Waals surface area (Å²) < 4.78 is 11.3. The zero-order valence-corrected chi connectivity index (χ0v) is 11.9. The lowest BCUT2D eigenvalue weighted by atomic mass is 9.86. The Morgan fingerprint density at radius 3 is 2.89 bits per heavy atom. The number of likely N-dealkylation sites (N-methyl/N-ethyl adjacent to an activating group) is 1. The molecule has 1 N–H and O–H groups in total. The second kappa shape index (κ2) is 6.85. The van der Waals surface area contributed by atoms with Crippen LogP contribution in [0.3, 0.4) is 0 Å². The monoisotopic (exact) mass is 256 g/mol. The topological polar surface area (TPSA) is 33.7 Å². The van der Waals surface area contributed by atoms with Crippen LogP contribution in [-0.4, -0.2) is 64.1 Å². The third kappa shape index (κ3) is 3.92. The van der Waals surface area contributed by atoms with Crippen molar-refractivity contribution < 1.29 is 9.47 Å². The highest BCUT2D eigenvalue weighted by molar-refractivity contribution is 4.88. The van der Waals surface area contributed by atoms with Crippen LogP contribution < -0.4 is 5.32 Å². The normalized spacial score (nSPS) is 32.5. The molecule has 2 saturated heterocycles. The standard InChI is InChI=1S/C14H28N2O2/c1-3-15-10-14(6-8-17-12-14)11-16(2)9-13-5-4-7-18-13/h13,15H,3-12H2,1-2H3. The molecule has 4 nitrogen and oxygen atoms in total. The summed E-state index contributed by atoms with van der Waals surface area (Å²) in [4.78, 5) is 2.43. The smallest absolute Gasteiger partial charge is 0.0702 e. The Labute approximate surface area is 111 Å². The molecule has 0 aromatic heterocycles. The third-order valence-corrected chi connectivity index (χ3v) is 4.08. The Hall–Kier alpha value is -0.160. The maximum Gasteiger partial charge on any atom is 0.0702 e. The zero-order valence-electron chi connectivity index (χ0n) is 11.9. The number of nitrogens with zero attached hydrogens (tertiary/aromatic N) is 1. The van der Waals surface area contributed by atoms with Crippen LogP contribution in [0, 0.1) is 5.41 Å². The van der Waals surface area contributed by atoms with Gasteiger partial charge in [-0.1, -0.05) is 6.92 Å². The van der Waals surface area contributed by atoms with Crippen LogP contribution in [0.5, 0.6) is 0 Å². The molecule has 2 fully saturated rings.